The zero-order valence-electron chi connectivity index (χ0n) is 13.6. The lowest BCUT2D eigenvalue weighted by atomic mass is 10.2. The first-order valence-electron chi connectivity index (χ1n) is 7.80. The molecule has 21 heavy (non-hydrogen) atoms. The first kappa shape index (κ1) is 18.8. The maximum absolute atomic E-state index is 11.6. The van der Waals surface area contributed by atoms with E-state index in [1.165, 1.54) is 0 Å². The minimum Gasteiger partial charge on any atom is -0.326 e. The van der Waals surface area contributed by atoms with Gasteiger partial charge in [-0.2, -0.15) is 8.42 Å². The fourth-order valence-corrected chi connectivity index (χ4v) is 3.65. The first-order chi connectivity index (χ1) is 9.68. The number of hydrogen-bond acceptors (Lipinski definition) is 6. The van der Waals surface area contributed by atoms with E-state index in [4.69, 9.17) is 9.92 Å². The molecule has 6 nitrogen and oxygen atoms in total. The van der Waals surface area contributed by atoms with E-state index < -0.39 is 15.7 Å². The van der Waals surface area contributed by atoms with E-state index in [9.17, 15) is 8.42 Å². The third kappa shape index (κ3) is 9.42. The Balaban J connectivity index is 1.99. The molecule has 1 rings (SSSR count). The van der Waals surface area contributed by atoms with Crippen LogP contribution in [0.3, 0.4) is 0 Å². The van der Waals surface area contributed by atoms with Gasteiger partial charge in [0, 0.05) is 12.6 Å². The van der Waals surface area contributed by atoms with Gasteiger partial charge in [0.15, 0.2) is 0 Å². The van der Waals surface area contributed by atoms with Gasteiger partial charge >= 0.3 is 0 Å². The number of rotatable bonds is 9. The van der Waals surface area contributed by atoms with E-state index in [-0.39, 0.29) is 5.88 Å². The number of likely N-dealkylation sites (tertiary alicyclic amines) is 1. The Morgan fingerprint density at radius 3 is 2.57 bits per heavy atom. The highest BCUT2D eigenvalue weighted by Crippen LogP contribution is 2.11. The second kappa shape index (κ2) is 8.43. The average Bonchev–Trinajstić information content (AvgIpc) is 2.70. The minimum absolute atomic E-state index is 0.120. The average molecular weight is 321 g/mol. The highest BCUT2D eigenvalue weighted by molar-refractivity contribution is 7.86. The van der Waals surface area contributed by atoms with Crippen LogP contribution in [0.5, 0.6) is 0 Å². The molecule has 0 aromatic heterocycles. The topological polar surface area (TPSA) is 84.7 Å². The molecule has 0 spiro atoms. The van der Waals surface area contributed by atoms with Crippen LogP contribution in [0, 0.1) is 0 Å². The van der Waals surface area contributed by atoms with Crippen molar-refractivity contribution in [1.82, 2.24) is 10.2 Å². The number of nitrogens with one attached hydrogen (secondary N) is 1. The number of hydrogen-bond donors (Lipinski definition) is 2. The van der Waals surface area contributed by atoms with Crippen LogP contribution in [-0.2, 0) is 14.3 Å². The zero-order chi connectivity index (χ0) is 15.9. The fraction of sp³-hybridized carbons (Fsp3) is 1.00. The molecule has 0 aromatic rings. The maximum Gasteiger partial charge on any atom is 0.281 e. The Labute approximate surface area is 129 Å². The van der Waals surface area contributed by atoms with Crippen LogP contribution in [0.25, 0.3) is 0 Å². The van der Waals surface area contributed by atoms with Crippen molar-refractivity contribution in [3.8, 4) is 0 Å². The van der Waals surface area contributed by atoms with E-state index in [0.29, 0.717) is 12.6 Å². The standard InChI is InChI=1S/C14H31N3O3S/c1-14(2,3)20-21(18,19)12-16-8-5-4-6-9-17-10-7-13(15)11-17/h13,16H,4-12,15H2,1-3H3/t13-/m0/s1. The summed E-state index contributed by atoms with van der Waals surface area (Å²) >= 11 is 0. The Hall–Kier alpha value is -0.210. The lowest BCUT2D eigenvalue weighted by Crippen LogP contribution is -2.31. The summed E-state index contributed by atoms with van der Waals surface area (Å²) in [6.45, 7) is 9.12. The van der Waals surface area contributed by atoms with Crippen molar-refractivity contribution < 1.29 is 12.6 Å². The van der Waals surface area contributed by atoms with E-state index in [1.54, 1.807) is 20.8 Å². The van der Waals surface area contributed by atoms with Crippen molar-refractivity contribution in [1.29, 1.82) is 0 Å². The van der Waals surface area contributed by atoms with Crippen LogP contribution in [0.15, 0.2) is 0 Å². The lowest BCUT2D eigenvalue weighted by molar-refractivity contribution is 0.139. The minimum atomic E-state index is -3.48. The van der Waals surface area contributed by atoms with Gasteiger partial charge in [-0.05, 0) is 59.7 Å². The van der Waals surface area contributed by atoms with Gasteiger partial charge in [-0.25, -0.2) is 0 Å². The summed E-state index contributed by atoms with van der Waals surface area (Å²) in [7, 11) is -3.48. The summed E-state index contributed by atoms with van der Waals surface area (Å²) in [6.07, 6.45) is 4.32. The van der Waals surface area contributed by atoms with Gasteiger partial charge in [-0.15, -0.1) is 0 Å². The molecule has 0 unspecified atom stereocenters. The van der Waals surface area contributed by atoms with E-state index in [2.05, 4.69) is 10.2 Å². The summed E-state index contributed by atoms with van der Waals surface area (Å²) in [6, 6.07) is 0.347. The SMILES string of the molecule is CC(C)(C)OS(=O)(=O)CNCCCCCN1CC[C@H](N)C1. The molecule has 1 aliphatic heterocycles. The Kier molecular flexibility index (Phi) is 7.56. The molecule has 0 bridgehead atoms. The summed E-state index contributed by atoms with van der Waals surface area (Å²) in [5.74, 6) is -0.120. The molecular formula is C14H31N3O3S. The first-order valence-corrected chi connectivity index (χ1v) is 9.38. The van der Waals surface area contributed by atoms with Crippen LogP contribution >= 0.6 is 0 Å². The van der Waals surface area contributed by atoms with Crippen LogP contribution in [0.4, 0.5) is 0 Å². The zero-order valence-corrected chi connectivity index (χ0v) is 14.4. The quantitative estimate of drug-likeness (QED) is 0.484. The van der Waals surface area contributed by atoms with Crippen molar-refractivity contribution in [2.24, 2.45) is 5.73 Å². The predicted octanol–water partition coefficient (Wildman–Crippen LogP) is 0.882. The number of unbranched alkanes of at least 4 members (excludes halogenated alkanes) is 2. The highest BCUT2D eigenvalue weighted by atomic mass is 32.2. The molecule has 0 saturated carbocycles. The van der Waals surface area contributed by atoms with Gasteiger partial charge in [-0.1, -0.05) is 6.42 Å². The van der Waals surface area contributed by atoms with E-state index in [1.807, 2.05) is 0 Å². The molecule has 126 valence electrons. The van der Waals surface area contributed by atoms with Crippen molar-refractivity contribution >= 4 is 10.1 Å². The molecule has 1 heterocycles. The molecule has 0 amide bonds. The molecule has 0 aliphatic carbocycles. The summed E-state index contributed by atoms with van der Waals surface area (Å²) < 4.78 is 28.3. The Morgan fingerprint density at radius 2 is 2.00 bits per heavy atom. The summed E-state index contributed by atoms with van der Waals surface area (Å²) in [5, 5.41) is 2.94. The summed E-state index contributed by atoms with van der Waals surface area (Å²) in [5.41, 5.74) is 5.19. The van der Waals surface area contributed by atoms with Gasteiger partial charge in [0.1, 0.15) is 5.88 Å². The van der Waals surface area contributed by atoms with Crippen LogP contribution in [0.2, 0.25) is 0 Å². The monoisotopic (exact) mass is 321 g/mol. The van der Waals surface area contributed by atoms with Crippen molar-refractivity contribution in [3.63, 3.8) is 0 Å². The Bertz CT molecular complexity index is 393. The second-order valence-electron chi connectivity index (χ2n) is 6.81. The molecule has 1 atom stereocenters. The number of nitrogens with two attached hydrogens (primary N) is 1. The predicted molar refractivity (Wildman–Crippen MR) is 85.5 cm³/mol. The lowest BCUT2D eigenvalue weighted by Gasteiger charge is -2.19. The van der Waals surface area contributed by atoms with Crippen LogP contribution in [0.1, 0.15) is 46.5 Å². The van der Waals surface area contributed by atoms with E-state index >= 15 is 0 Å². The van der Waals surface area contributed by atoms with Crippen molar-refractivity contribution in [2.75, 3.05) is 32.1 Å². The van der Waals surface area contributed by atoms with Gasteiger partial charge < -0.3 is 16.0 Å². The Morgan fingerprint density at radius 1 is 1.29 bits per heavy atom. The summed E-state index contributed by atoms with van der Waals surface area (Å²) in [4.78, 5) is 2.40. The molecule has 3 N–H and O–H groups in total. The van der Waals surface area contributed by atoms with Gasteiger partial charge in [0.25, 0.3) is 10.1 Å². The normalized spacial score (nSPS) is 21.0. The van der Waals surface area contributed by atoms with Gasteiger partial charge in [0.2, 0.25) is 0 Å². The number of nitrogens with zero attached hydrogens (tertiary/aromatic N) is 1. The highest BCUT2D eigenvalue weighted by Gasteiger charge is 2.21. The van der Waals surface area contributed by atoms with Crippen molar-refractivity contribution in [2.45, 2.75) is 58.1 Å². The van der Waals surface area contributed by atoms with Crippen molar-refractivity contribution in [3.05, 3.63) is 0 Å². The van der Waals surface area contributed by atoms with E-state index in [0.717, 1.165) is 45.3 Å². The third-order valence-electron chi connectivity index (χ3n) is 3.29. The van der Waals surface area contributed by atoms with Gasteiger partial charge in [-0.3, -0.25) is 4.18 Å². The van der Waals surface area contributed by atoms with Crippen LogP contribution < -0.4 is 11.1 Å². The molecule has 1 fully saturated rings. The fourth-order valence-electron chi connectivity index (χ4n) is 2.44. The smallest absolute Gasteiger partial charge is 0.281 e. The molecule has 1 saturated heterocycles. The molecule has 7 heteroatoms. The third-order valence-corrected chi connectivity index (χ3v) is 4.60. The van der Waals surface area contributed by atoms with Crippen LogP contribution in [-0.4, -0.2) is 57.0 Å². The second-order valence-corrected chi connectivity index (χ2v) is 8.38. The molecule has 1 aliphatic rings. The maximum atomic E-state index is 11.6. The largest absolute Gasteiger partial charge is 0.326 e. The molecular weight excluding hydrogens is 290 g/mol. The van der Waals surface area contributed by atoms with Gasteiger partial charge in [0.05, 0.1) is 5.60 Å². The molecule has 0 radical (unpaired) electrons. The molecule has 0 aromatic carbocycles.